The average molecular weight is 334 g/mol. The van der Waals surface area contributed by atoms with Gasteiger partial charge in [-0.2, -0.15) is 0 Å². The Balaban J connectivity index is 1.97. The van der Waals surface area contributed by atoms with Crippen LogP contribution < -0.4 is 5.32 Å². The Morgan fingerprint density at radius 2 is 1.95 bits per heavy atom. The Bertz CT molecular complexity index is 599. The van der Waals surface area contributed by atoms with Gasteiger partial charge in [0.1, 0.15) is 5.75 Å². The standard InChI is InChI=1S/C16H16BrNO2/c1-11(12-5-3-2-4-6-12)10-18-16(20)13-7-8-14(17)15(19)9-13/h2-9,11,19H,10H2,1H3,(H,18,20). The second kappa shape index (κ2) is 6.57. The summed E-state index contributed by atoms with van der Waals surface area (Å²) in [5.41, 5.74) is 1.64. The number of rotatable bonds is 4. The van der Waals surface area contributed by atoms with Gasteiger partial charge in [0.25, 0.3) is 5.91 Å². The molecule has 0 aliphatic heterocycles. The molecule has 3 nitrogen and oxygen atoms in total. The van der Waals surface area contributed by atoms with E-state index in [4.69, 9.17) is 0 Å². The van der Waals surface area contributed by atoms with Crippen LogP contribution in [0.25, 0.3) is 0 Å². The molecule has 0 bridgehead atoms. The van der Waals surface area contributed by atoms with Crippen LogP contribution in [0.3, 0.4) is 0 Å². The fraction of sp³-hybridized carbons (Fsp3) is 0.188. The van der Waals surface area contributed by atoms with E-state index in [1.54, 1.807) is 12.1 Å². The van der Waals surface area contributed by atoms with Crippen molar-refractivity contribution in [2.75, 3.05) is 6.54 Å². The van der Waals surface area contributed by atoms with Crippen LogP contribution >= 0.6 is 15.9 Å². The SMILES string of the molecule is CC(CNC(=O)c1ccc(Br)c(O)c1)c1ccccc1. The molecule has 0 radical (unpaired) electrons. The maximum Gasteiger partial charge on any atom is 0.251 e. The van der Waals surface area contributed by atoms with Gasteiger partial charge in [0.15, 0.2) is 0 Å². The largest absolute Gasteiger partial charge is 0.507 e. The lowest BCUT2D eigenvalue weighted by molar-refractivity contribution is 0.0951. The highest BCUT2D eigenvalue weighted by molar-refractivity contribution is 9.10. The van der Waals surface area contributed by atoms with Crippen molar-refractivity contribution in [3.63, 3.8) is 0 Å². The van der Waals surface area contributed by atoms with Gasteiger partial charge in [-0.25, -0.2) is 0 Å². The fourth-order valence-electron chi connectivity index (χ4n) is 1.90. The number of halogens is 1. The number of nitrogens with one attached hydrogen (secondary N) is 1. The van der Waals surface area contributed by atoms with Gasteiger partial charge in [-0.3, -0.25) is 4.79 Å². The average Bonchev–Trinajstić information content (AvgIpc) is 2.48. The first-order valence-electron chi connectivity index (χ1n) is 6.39. The lowest BCUT2D eigenvalue weighted by atomic mass is 10.0. The molecule has 2 aromatic rings. The molecule has 0 saturated heterocycles. The molecule has 2 rings (SSSR count). The molecule has 2 aromatic carbocycles. The third-order valence-electron chi connectivity index (χ3n) is 3.15. The van der Waals surface area contributed by atoms with Gasteiger partial charge in [-0.15, -0.1) is 0 Å². The molecule has 0 heterocycles. The van der Waals surface area contributed by atoms with Crippen LogP contribution in [-0.4, -0.2) is 17.6 Å². The Morgan fingerprint density at radius 3 is 2.60 bits per heavy atom. The third kappa shape index (κ3) is 3.61. The van der Waals surface area contributed by atoms with E-state index in [1.807, 2.05) is 30.3 Å². The first-order valence-corrected chi connectivity index (χ1v) is 7.19. The number of benzene rings is 2. The first-order chi connectivity index (χ1) is 9.58. The second-order valence-electron chi connectivity index (χ2n) is 4.69. The van der Waals surface area contributed by atoms with E-state index in [2.05, 4.69) is 28.2 Å². The van der Waals surface area contributed by atoms with Gasteiger partial charge in [-0.1, -0.05) is 37.3 Å². The molecule has 0 spiro atoms. The Hall–Kier alpha value is -1.81. The molecule has 1 atom stereocenters. The summed E-state index contributed by atoms with van der Waals surface area (Å²) >= 11 is 3.19. The van der Waals surface area contributed by atoms with Crippen LogP contribution in [0.15, 0.2) is 53.0 Å². The number of carbonyl (C=O) groups is 1. The molecular weight excluding hydrogens is 318 g/mol. The van der Waals surface area contributed by atoms with Crippen LogP contribution in [-0.2, 0) is 0 Å². The van der Waals surface area contributed by atoms with Crippen molar-refractivity contribution in [3.05, 3.63) is 64.1 Å². The normalized spacial score (nSPS) is 11.9. The highest BCUT2D eigenvalue weighted by Gasteiger charge is 2.10. The quantitative estimate of drug-likeness (QED) is 0.896. The van der Waals surface area contributed by atoms with Crippen LogP contribution in [0.5, 0.6) is 5.75 Å². The third-order valence-corrected chi connectivity index (χ3v) is 3.82. The van der Waals surface area contributed by atoms with E-state index in [-0.39, 0.29) is 17.6 Å². The summed E-state index contributed by atoms with van der Waals surface area (Å²) in [7, 11) is 0. The van der Waals surface area contributed by atoms with Crippen LogP contribution in [0.4, 0.5) is 0 Å². The molecule has 0 saturated carbocycles. The van der Waals surface area contributed by atoms with Gasteiger partial charge < -0.3 is 10.4 Å². The van der Waals surface area contributed by atoms with Gasteiger partial charge in [0.2, 0.25) is 0 Å². The molecule has 0 aliphatic carbocycles. The molecule has 0 aliphatic rings. The summed E-state index contributed by atoms with van der Waals surface area (Å²) in [4.78, 5) is 12.0. The summed E-state index contributed by atoms with van der Waals surface area (Å²) in [5.74, 6) is 0.119. The van der Waals surface area contributed by atoms with Crippen LogP contribution in [0.1, 0.15) is 28.8 Å². The van der Waals surface area contributed by atoms with E-state index in [0.717, 1.165) is 0 Å². The van der Waals surface area contributed by atoms with Gasteiger partial charge in [-0.05, 0) is 45.6 Å². The van der Waals surface area contributed by atoms with Crippen molar-refractivity contribution in [2.45, 2.75) is 12.8 Å². The van der Waals surface area contributed by atoms with Crippen molar-refractivity contribution < 1.29 is 9.90 Å². The Kier molecular flexibility index (Phi) is 4.79. The molecule has 0 aromatic heterocycles. The van der Waals surface area contributed by atoms with Crippen molar-refractivity contribution >= 4 is 21.8 Å². The number of hydrogen-bond acceptors (Lipinski definition) is 2. The van der Waals surface area contributed by atoms with E-state index >= 15 is 0 Å². The molecule has 1 unspecified atom stereocenters. The topological polar surface area (TPSA) is 49.3 Å². The first kappa shape index (κ1) is 14.6. The molecule has 104 valence electrons. The van der Waals surface area contributed by atoms with Crippen molar-refractivity contribution in [1.82, 2.24) is 5.32 Å². The molecule has 1 amide bonds. The van der Waals surface area contributed by atoms with Gasteiger partial charge in [0, 0.05) is 12.1 Å². The van der Waals surface area contributed by atoms with E-state index in [9.17, 15) is 9.90 Å². The number of phenols is 1. The lowest BCUT2D eigenvalue weighted by Crippen LogP contribution is -2.27. The molecule has 4 heteroatoms. The predicted molar refractivity (Wildman–Crippen MR) is 83.0 cm³/mol. The summed E-state index contributed by atoms with van der Waals surface area (Å²) in [5, 5.41) is 12.5. The van der Waals surface area contributed by atoms with E-state index < -0.39 is 0 Å². The van der Waals surface area contributed by atoms with Gasteiger partial charge in [0.05, 0.1) is 4.47 Å². The predicted octanol–water partition coefficient (Wildman–Crippen LogP) is 3.69. The zero-order valence-corrected chi connectivity index (χ0v) is 12.7. The van der Waals surface area contributed by atoms with E-state index in [1.165, 1.54) is 11.6 Å². The summed E-state index contributed by atoms with van der Waals surface area (Å²) in [6.07, 6.45) is 0. The molecule has 0 fully saturated rings. The number of hydrogen-bond donors (Lipinski definition) is 2. The zero-order chi connectivity index (χ0) is 14.5. The molecule has 2 N–H and O–H groups in total. The van der Waals surface area contributed by atoms with Crippen molar-refractivity contribution in [3.8, 4) is 5.75 Å². The fourth-order valence-corrected chi connectivity index (χ4v) is 2.15. The van der Waals surface area contributed by atoms with Crippen LogP contribution in [0.2, 0.25) is 0 Å². The number of amides is 1. The number of phenolic OH excluding ortho intramolecular Hbond substituents is 1. The zero-order valence-electron chi connectivity index (χ0n) is 11.1. The number of aromatic hydroxyl groups is 1. The van der Waals surface area contributed by atoms with E-state index in [0.29, 0.717) is 16.6 Å². The number of carbonyl (C=O) groups excluding carboxylic acids is 1. The minimum Gasteiger partial charge on any atom is -0.507 e. The van der Waals surface area contributed by atoms with Crippen LogP contribution in [0, 0.1) is 0 Å². The minimum absolute atomic E-state index is 0.0637. The highest BCUT2D eigenvalue weighted by atomic mass is 79.9. The summed E-state index contributed by atoms with van der Waals surface area (Å²) in [6.45, 7) is 2.62. The van der Waals surface area contributed by atoms with Gasteiger partial charge >= 0.3 is 0 Å². The van der Waals surface area contributed by atoms with Crippen molar-refractivity contribution in [1.29, 1.82) is 0 Å². The smallest absolute Gasteiger partial charge is 0.251 e. The monoisotopic (exact) mass is 333 g/mol. The Labute approximate surface area is 126 Å². The maximum atomic E-state index is 12.0. The summed E-state index contributed by atoms with van der Waals surface area (Å²) in [6, 6.07) is 14.8. The molecule has 20 heavy (non-hydrogen) atoms. The van der Waals surface area contributed by atoms with Crippen molar-refractivity contribution in [2.24, 2.45) is 0 Å². The molecular formula is C16H16BrNO2. The minimum atomic E-state index is -0.185. The second-order valence-corrected chi connectivity index (χ2v) is 5.54. The lowest BCUT2D eigenvalue weighted by Gasteiger charge is -2.13. The summed E-state index contributed by atoms with van der Waals surface area (Å²) < 4.78 is 0.576. The maximum absolute atomic E-state index is 12.0. The Morgan fingerprint density at radius 1 is 1.25 bits per heavy atom. The highest BCUT2D eigenvalue weighted by Crippen LogP contribution is 2.24.